The lowest BCUT2D eigenvalue weighted by Gasteiger charge is -2.08. The second-order valence-electron chi connectivity index (χ2n) is 4.59. The lowest BCUT2D eigenvalue weighted by molar-refractivity contribution is -0.123. The number of carbonyl (C=O) groups excluding carboxylic acids is 1. The van der Waals surface area contributed by atoms with Crippen molar-refractivity contribution in [2.45, 2.75) is 6.42 Å². The third-order valence-corrected chi connectivity index (χ3v) is 3.37. The molecule has 0 aromatic heterocycles. The van der Waals surface area contributed by atoms with E-state index >= 15 is 0 Å². The molecule has 1 amide bonds. The molecule has 1 N–H and O–H groups in total. The van der Waals surface area contributed by atoms with E-state index in [4.69, 9.17) is 4.74 Å². The first-order chi connectivity index (χ1) is 10.5. The van der Waals surface area contributed by atoms with Gasteiger partial charge in [-0.15, -0.1) is 0 Å². The van der Waals surface area contributed by atoms with Crippen LogP contribution in [-0.2, 0) is 11.2 Å². The minimum absolute atomic E-state index is 0.0171. The smallest absolute Gasteiger partial charge is 0.257 e. The maximum absolute atomic E-state index is 13.5. The quantitative estimate of drug-likeness (QED) is 0.846. The lowest BCUT2D eigenvalue weighted by atomic mass is 10.1. The minimum atomic E-state index is -0.540. The van der Waals surface area contributed by atoms with Crippen molar-refractivity contribution in [3.05, 3.63) is 64.1 Å². The summed E-state index contributed by atoms with van der Waals surface area (Å²) in [4.78, 5) is 11.6. The number of carbonyl (C=O) groups is 1. The number of halogens is 3. The summed E-state index contributed by atoms with van der Waals surface area (Å²) >= 11 is 3.14. The molecule has 0 heterocycles. The third-order valence-electron chi connectivity index (χ3n) is 2.88. The number of rotatable bonds is 6. The van der Waals surface area contributed by atoms with Gasteiger partial charge in [-0.3, -0.25) is 4.79 Å². The number of ether oxygens (including phenoxy) is 1. The van der Waals surface area contributed by atoms with Crippen LogP contribution in [0.1, 0.15) is 5.56 Å². The molecule has 0 atom stereocenters. The Bertz CT molecular complexity index is 664. The molecule has 0 aliphatic rings. The summed E-state index contributed by atoms with van der Waals surface area (Å²) in [5.41, 5.74) is 0.792. The summed E-state index contributed by atoms with van der Waals surface area (Å²) in [6, 6.07) is 10.5. The van der Waals surface area contributed by atoms with E-state index in [-0.39, 0.29) is 24.1 Å². The molecule has 2 aromatic carbocycles. The van der Waals surface area contributed by atoms with E-state index in [1.165, 1.54) is 24.3 Å². The maximum Gasteiger partial charge on any atom is 0.257 e. The van der Waals surface area contributed by atoms with Crippen molar-refractivity contribution >= 4 is 21.8 Å². The predicted molar refractivity (Wildman–Crippen MR) is 82.7 cm³/mol. The lowest BCUT2D eigenvalue weighted by Crippen LogP contribution is -2.30. The van der Waals surface area contributed by atoms with Crippen LogP contribution in [-0.4, -0.2) is 19.1 Å². The van der Waals surface area contributed by atoms with Crippen molar-refractivity contribution in [1.82, 2.24) is 5.32 Å². The van der Waals surface area contributed by atoms with Crippen LogP contribution in [0.3, 0.4) is 0 Å². The molecular weight excluding hydrogens is 356 g/mol. The summed E-state index contributed by atoms with van der Waals surface area (Å²) in [6.45, 7) is 0.0795. The van der Waals surface area contributed by atoms with E-state index in [9.17, 15) is 13.6 Å². The molecule has 0 spiro atoms. The average molecular weight is 370 g/mol. The Labute approximate surface area is 135 Å². The highest BCUT2D eigenvalue weighted by Gasteiger charge is 2.07. The maximum atomic E-state index is 13.5. The summed E-state index contributed by atoms with van der Waals surface area (Å²) in [5, 5.41) is 2.63. The molecule has 0 aliphatic carbocycles. The second kappa shape index (κ2) is 7.89. The van der Waals surface area contributed by atoms with E-state index < -0.39 is 5.82 Å². The fourth-order valence-electron chi connectivity index (χ4n) is 1.83. The first kappa shape index (κ1) is 16.4. The Hall–Kier alpha value is -1.95. The number of hydrogen-bond acceptors (Lipinski definition) is 2. The first-order valence-corrected chi connectivity index (χ1v) is 7.43. The van der Waals surface area contributed by atoms with Crippen LogP contribution in [0.4, 0.5) is 8.78 Å². The Morgan fingerprint density at radius 1 is 1.18 bits per heavy atom. The molecule has 0 saturated carbocycles. The minimum Gasteiger partial charge on any atom is -0.481 e. The topological polar surface area (TPSA) is 38.3 Å². The molecule has 0 unspecified atom stereocenters. The van der Waals surface area contributed by atoms with Crippen LogP contribution in [0.2, 0.25) is 0 Å². The zero-order chi connectivity index (χ0) is 15.9. The van der Waals surface area contributed by atoms with E-state index in [0.717, 1.165) is 5.56 Å². The summed E-state index contributed by atoms with van der Waals surface area (Å²) in [6.07, 6.45) is 0.510. The molecule has 22 heavy (non-hydrogen) atoms. The van der Waals surface area contributed by atoms with Gasteiger partial charge in [0.25, 0.3) is 5.91 Å². The standard InChI is InChI=1S/C16H14BrF2NO2/c17-12-4-5-15(14(19)9-12)22-10-16(21)20-7-6-11-2-1-3-13(18)8-11/h1-5,8-9H,6-7,10H2,(H,20,21). The monoisotopic (exact) mass is 369 g/mol. The van der Waals surface area contributed by atoms with Crippen molar-refractivity contribution in [2.75, 3.05) is 13.2 Å². The molecule has 0 radical (unpaired) electrons. The van der Waals surface area contributed by atoms with Crippen LogP contribution in [0.25, 0.3) is 0 Å². The average Bonchev–Trinajstić information content (AvgIpc) is 2.46. The number of nitrogens with one attached hydrogen (secondary N) is 1. The van der Waals surface area contributed by atoms with Crippen LogP contribution in [0.5, 0.6) is 5.75 Å². The van der Waals surface area contributed by atoms with Crippen molar-refractivity contribution in [1.29, 1.82) is 0 Å². The third kappa shape index (κ3) is 5.11. The predicted octanol–water partition coefficient (Wildman–Crippen LogP) is 3.47. The van der Waals surface area contributed by atoms with Crippen LogP contribution in [0, 0.1) is 11.6 Å². The molecule has 2 aromatic rings. The van der Waals surface area contributed by atoms with Gasteiger partial charge in [0, 0.05) is 11.0 Å². The highest BCUT2D eigenvalue weighted by Crippen LogP contribution is 2.21. The summed E-state index contributed by atoms with van der Waals surface area (Å²) in [7, 11) is 0. The van der Waals surface area contributed by atoms with Crippen LogP contribution in [0.15, 0.2) is 46.9 Å². The Balaban J connectivity index is 1.74. The largest absolute Gasteiger partial charge is 0.481 e. The molecule has 116 valence electrons. The Kier molecular flexibility index (Phi) is 5.89. The Morgan fingerprint density at radius 3 is 2.73 bits per heavy atom. The van der Waals surface area contributed by atoms with Crippen molar-refractivity contribution < 1.29 is 18.3 Å². The van der Waals surface area contributed by atoms with Gasteiger partial charge in [-0.2, -0.15) is 0 Å². The number of amides is 1. The van der Waals surface area contributed by atoms with Crippen molar-refractivity contribution in [3.8, 4) is 5.75 Å². The molecule has 3 nitrogen and oxygen atoms in total. The van der Waals surface area contributed by atoms with Gasteiger partial charge in [-0.25, -0.2) is 8.78 Å². The van der Waals surface area contributed by atoms with Gasteiger partial charge >= 0.3 is 0 Å². The highest BCUT2D eigenvalue weighted by molar-refractivity contribution is 9.10. The SMILES string of the molecule is O=C(COc1ccc(Br)cc1F)NCCc1cccc(F)c1. The molecule has 0 fully saturated rings. The van der Waals surface area contributed by atoms with Gasteiger partial charge in [0.05, 0.1) is 0 Å². The zero-order valence-corrected chi connectivity index (χ0v) is 13.2. The summed E-state index contributed by atoms with van der Waals surface area (Å²) < 4.78 is 32.2. The van der Waals surface area contributed by atoms with Gasteiger partial charge in [0.1, 0.15) is 5.82 Å². The van der Waals surface area contributed by atoms with E-state index in [0.29, 0.717) is 17.4 Å². The molecule has 2 rings (SSSR count). The van der Waals surface area contributed by atoms with E-state index in [1.807, 2.05) is 0 Å². The molecular formula is C16H14BrF2NO2. The Morgan fingerprint density at radius 2 is 2.00 bits per heavy atom. The molecule has 0 aliphatic heterocycles. The fourth-order valence-corrected chi connectivity index (χ4v) is 2.16. The van der Waals surface area contributed by atoms with Crippen LogP contribution < -0.4 is 10.1 Å². The van der Waals surface area contributed by atoms with Gasteiger partial charge < -0.3 is 10.1 Å². The van der Waals surface area contributed by atoms with Crippen molar-refractivity contribution in [3.63, 3.8) is 0 Å². The van der Waals surface area contributed by atoms with E-state index in [1.54, 1.807) is 18.2 Å². The zero-order valence-electron chi connectivity index (χ0n) is 11.6. The van der Waals surface area contributed by atoms with Gasteiger partial charge in [0.2, 0.25) is 0 Å². The molecule has 0 bridgehead atoms. The second-order valence-corrected chi connectivity index (χ2v) is 5.51. The highest BCUT2D eigenvalue weighted by atomic mass is 79.9. The summed E-state index contributed by atoms with van der Waals surface area (Å²) in [5.74, 6) is -1.19. The van der Waals surface area contributed by atoms with Gasteiger partial charge in [-0.1, -0.05) is 28.1 Å². The normalized spacial score (nSPS) is 10.3. The molecule has 0 saturated heterocycles. The van der Waals surface area contributed by atoms with Crippen molar-refractivity contribution in [2.24, 2.45) is 0 Å². The van der Waals surface area contributed by atoms with E-state index in [2.05, 4.69) is 21.2 Å². The van der Waals surface area contributed by atoms with Gasteiger partial charge in [-0.05, 0) is 42.3 Å². The van der Waals surface area contributed by atoms with Gasteiger partial charge in [0.15, 0.2) is 18.2 Å². The fraction of sp³-hybridized carbons (Fsp3) is 0.188. The van der Waals surface area contributed by atoms with Crippen LogP contribution >= 0.6 is 15.9 Å². The molecule has 6 heteroatoms. The number of hydrogen-bond donors (Lipinski definition) is 1. The first-order valence-electron chi connectivity index (χ1n) is 6.63. The number of benzene rings is 2.